The molecule has 0 heterocycles. The summed E-state index contributed by atoms with van der Waals surface area (Å²) < 4.78 is 6.24. The van der Waals surface area contributed by atoms with Gasteiger partial charge in [-0.25, -0.2) is 0 Å². The third-order valence-corrected chi connectivity index (χ3v) is 5.48. The Morgan fingerprint density at radius 2 is 1.66 bits per heavy atom. The Bertz CT molecular complexity index is 755. The first-order chi connectivity index (χ1) is 16.9. The third-order valence-electron chi connectivity index (χ3n) is 4.90. The highest BCUT2D eigenvalue weighted by Gasteiger charge is 2.14. The van der Waals surface area contributed by atoms with Crippen molar-refractivity contribution in [2.24, 2.45) is 5.14 Å². The maximum Gasteiger partial charge on any atom is 0.250 e. The SMILES string of the molecule is C=C(/C=C(SN)\C(=C\N(CCCC)CCCC)Oc1ccccc1)C(=O)NCCCN(C)C.CC. The maximum absolute atomic E-state index is 12.5. The van der Waals surface area contributed by atoms with E-state index >= 15 is 0 Å². The first-order valence-electron chi connectivity index (χ1n) is 12.8. The molecule has 6 nitrogen and oxygen atoms in total. The van der Waals surface area contributed by atoms with Crippen LogP contribution in [0.25, 0.3) is 0 Å². The standard InChI is InChI=1S/C26H42N4O2S.C2H6/c1-6-8-18-30(19-9-7-2)21-24(32-23-14-11-10-12-15-23)25(33-27)20-22(3)26(31)28-16-13-17-29(4)5;1-2/h10-12,14-15,20-21H,3,6-9,13,16-19,27H2,1-2,4-5H3,(H,28,31);1-2H3/b24-21-,25-20+;. The summed E-state index contributed by atoms with van der Waals surface area (Å²) in [5, 5.41) is 8.96. The molecule has 1 amide bonds. The predicted octanol–water partition coefficient (Wildman–Crippen LogP) is 5.95. The highest BCUT2D eigenvalue weighted by molar-refractivity contribution is 8.01. The number of rotatable bonds is 17. The molecule has 0 aliphatic carbocycles. The Labute approximate surface area is 218 Å². The van der Waals surface area contributed by atoms with Gasteiger partial charge in [0.2, 0.25) is 0 Å². The smallest absolute Gasteiger partial charge is 0.250 e. The molecule has 0 radical (unpaired) electrons. The highest BCUT2D eigenvalue weighted by atomic mass is 32.2. The lowest BCUT2D eigenvalue weighted by Gasteiger charge is -2.22. The van der Waals surface area contributed by atoms with Crippen molar-refractivity contribution in [3.8, 4) is 5.75 Å². The minimum absolute atomic E-state index is 0.201. The highest BCUT2D eigenvalue weighted by Crippen LogP contribution is 2.26. The van der Waals surface area contributed by atoms with Crippen molar-refractivity contribution in [3.05, 3.63) is 65.4 Å². The van der Waals surface area contributed by atoms with Gasteiger partial charge in [-0.2, -0.15) is 0 Å². The summed E-state index contributed by atoms with van der Waals surface area (Å²) in [7, 11) is 4.03. The van der Waals surface area contributed by atoms with Crippen LogP contribution >= 0.6 is 11.9 Å². The number of hydrogen-bond donors (Lipinski definition) is 2. The number of nitrogens with two attached hydrogens (primary N) is 1. The predicted molar refractivity (Wildman–Crippen MR) is 153 cm³/mol. The monoisotopic (exact) mass is 504 g/mol. The van der Waals surface area contributed by atoms with Crippen LogP contribution in [0, 0.1) is 0 Å². The van der Waals surface area contributed by atoms with E-state index in [0.29, 0.717) is 28.5 Å². The van der Waals surface area contributed by atoms with Gasteiger partial charge < -0.3 is 19.9 Å². The number of carbonyl (C=O) groups is 1. The van der Waals surface area contributed by atoms with Crippen LogP contribution in [0.4, 0.5) is 0 Å². The molecule has 0 fully saturated rings. The van der Waals surface area contributed by atoms with Crippen molar-refractivity contribution in [1.29, 1.82) is 0 Å². The first-order valence-corrected chi connectivity index (χ1v) is 13.7. The van der Waals surface area contributed by atoms with E-state index in [1.165, 1.54) is 0 Å². The van der Waals surface area contributed by atoms with E-state index < -0.39 is 0 Å². The lowest BCUT2D eigenvalue weighted by atomic mass is 10.2. The second kappa shape index (κ2) is 21.1. The van der Waals surface area contributed by atoms with Gasteiger partial charge in [0.15, 0.2) is 5.76 Å². The molecule has 0 saturated heterocycles. The fourth-order valence-corrected chi connectivity index (χ4v) is 3.40. The van der Waals surface area contributed by atoms with Crippen molar-refractivity contribution in [2.75, 3.05) is 40.3 Å². The average molecular weight is 505 g/mol. The number of benzene rings is 1. The molecule has 1 aromatic rings. The summed E-state index contributed by atoms with van der Waals surface area (Å²) in [5.41, 5.74) is 0.351. The van der Waals surface area contributed by atoms with Crippen LogP contribution in [0.2, 0.25) is 0 Å². The maximum atomic E-state index is 12.5. The van der Waals surface area contributed by atoms with E-state index in [4.69, 9.17) is 9.88 Å². The summed E-state index contributed by atoms with van der Waals surface area (Å²) in [5.74, 6) is 1.13. The van der Waals surface area contributed by atoms with Crippen LogP contribution in [0.5, 0.6) is 5.75 Å². The average Bonchev–Trinajstić information content (AvgIpc) is 2.87. The fourth-order valence-electron chi connectivity index (χ4n) is 2.98. The summed E-state index contributed by atoms with van der Waals surface area (Å²) in [6.07, 6.45) is 9.02. The van der Waals surface area contributed by atoms with Crippen molar-refractivity contribution < 1.29 is 9.53 Å². The Hall–Kier alpha value is -2.22. The van der Waals surface area contributed by atoms with E-state index in [1.54, 1.807) is 6.08 Å². The first kappa shape index (κ1) is 32.8. The van der Waals surface area contributed by atoms with Crippen LogP contribution in [0.1, 0.15) is 59.8 Å². The van der Waals surface area contributed by atoms with E-state index in [-0.39, 0.29) is 5.91 Å². The molecule has 35 heavy (non-hydrogen) atoms. The quantitative estimate of drug-likeness (QED) is 0.0898. The topological polar surface area (TPSA) is 70.8 Å². The molecule has 3 N–H and O–H groups in total. The van der Waals surface area contributed by atoms with Crippen LogP contribution in [-0.2, 0) is 4.79 Å². The fraction of sp³-hybridized carbons (Fsp3) is 0.536. The number of nitrogens with one attached hydrogen (secondary N) is 1. The minimum Gasteiger partial charge on any atom is -0.455 e. The van der Waals surface area contributed by atoms with E-state index in [9.17, 15) is 4.79 Å². The van der Waals surface area contributed by atoms with Gasteiger partial charge in [0.25, 0.3) is 5.91 Å². The Morgan fingerprint density at radius 3 is 2.17 bits per heavy atom. The molecule has 0 bridgehead atoms. The number of unbranched alkanes of at least 4 members (excludes halogenated alkanes) is 2. The van der Waals surface area contributed by atoms with Crippen molar-refractivity contribution >= 4 is 17.9 Å². The third kappa shape index (κ3) is 15.4. The van der Waals surface area contributed by atoms with Gasteiger partial charge in [-0.15, -0.1) is 0 Å². The van der Waals surface area contributed by atoms with Crippen molar-refractivity contribution in [2.45, 2.75) is 59.8 Å². The zero-order valence-electron chi connectivity index (χ0n) is 22.8. The number of nitrogens with zero attached hydrogens (tertiary/aromatic N) is 2. The summed E-state index contributed by atoms with van der Waals surface area (Å²) >= 11 is 1.06. The molecule has 7 heteroatoms. The zero-order valence-corrected chi connectivity index (χ0v) is 23.6. The molecule has 0 aromatic heterocycles. The molecular formula is C28H48N4O2S. The molecule has 0 spiro atoms. The normalized spacial score (nSPS) is 11.5. The molecule has 0 aliphatic rings. The minimum atomic E-state index is -0.201. The van der Waals surface area contributed by atoms with E-state index in [2.05, 4.69) is 35.5 Å². The van der Waals surface area contributed by atoms with Crippen LogP contribution in [-0.4, -0.2) is 56.0 Å². The van der Waals surface area contributed by atoms with Crippen LogP contribution in [0.15, 0.2) is 65.4 Å². The van der Waals surface area contributed by atoms with Gasteiger partial charge in [-0.3, -0.25) is 9.93 Å². The largest absolute Gasteiger partial charge is 0.455 e. The lowest BCUT2D eigenvalue weighted by molar-refractivity contribution is -0.117. The van der Waals surface area contributed by atoms with E-state index in [1.807, 2.05) is 64.5 Å². The molecule has 198 valence electrons. The molecule has 1 aromatic carbocycles. The van der Waals surface area contributed by atoms with Gasteiger partial charge in [0, 0.05) is 31.4 Å². The van der Waals surface area contributed by atoms with Gasteiger partial charge in [0.05, 0.1) is 4.91 Å². The number of para-hydroxylation sites is 1. The lowest BCUT2D eigenvalue weighted by Crippen LogP contribution is -2.27. The Morgan fingerprint density at radius 1 is 1.06 bits per heavy atom. The summed E-state index contributed by atoms with van der Waals surface area (Å²) in [6.45, 7) is 15.7. The molecule has 0 unspecified atom stereocenters. The van der Waals surface area contributed by atoms with Crippen LogP contribution < -0.4 is 15.2 Å². The van der Waals surface area contributed by atoms with Crippen LogP contribution in [0.3, 0.4) is 0 Å². The molecule has 0 saturated carbocycles. The second-order valence-corrected chi connectivity index (χ2v) is 8.89. The number of carbonyl (C=O) groups excluding carboxylic acids is 1. The summed E-state index contributed by atoms with van der Waals surface area (Å²) in [4.78, 5) is 17.6. The number of hydrogen-bond acceptors (Lipinski definition) is 6. The van der Waals surface area contributed by atoms with Gasteiger partial charge in [-0.05, 0) is 70.1 Å². The zero-order chi connectivity index (χ0) is 26.5. The van der Waals surface area contributed by atoms with E-state index in [0.717, 1.165) is 63.7 Å². The molecule has 1 rings (SSSR count). The second-order valence-electron chi connectivity index (χ2n) is 8.22. The number of ether oxygens (including phenoxy) is 1. The van der Waals surface area contributed by atoms with Crippen molar-refractivity contribution in [3.63, 3.8) is 0 Å². The van der Waals surface area contributed by atoms with Gasteiger partial charge in [0.1, 0.15) is 5.75 Å². The van der Waals surface area contributed by atoms with Gasteiger partial charge in [-0.1, -0.05) is 65.3 Å². The van der Waals surface area contributed by atoms with Crippen molar-refractivity contribution in [1.82, 2.24) is 15.1 Å². The molecular weight excluding hydrogens is 456 g/mol. The number of amides is 1. The summed E-state index contributed by atoms with van der Waals surface area (Å²) in [6, 6.07) is 9.61. The Kier molecular flexibility index (Phi) is 19.8. The Balaban J connectivity index is 0.00000562. The van der Waals surface area contributed by atoms with Gasteiger partial charge >= 0.3 is 0 Å². The molecule has 0 aliphatic heterocycles. The molecule has 0 atom stereocenters.